The highest BCUT2D eigenvalue weighted by Crippen LogP contribution is 2.68. The van der Waals surface area contributed by atoms with Crippen LogP contribution in [0.5, 0.6) is 0 Å². The molecule has 9 atom stereocenters. The summed E-state index contributed by atoms with van der Waals surface area (Å²) in [5.74, 6) is 6.16. The van der Waals surface area contributed by atoms with E-state index < -0.39 is 0 Å². The number of hydrogen-bond acceptors (Lipinski definition) is 3. The molecule has 4 unspecified atom stereocenters. The third kappa shape index (κ3) is 6.58. The Labute approximate surface area is 235 Å². The number of hydrogen-bond donors (Lipinski definition) is 2. The van der Waals surface area contributed by atoms with Crippen molar-refractivity contribution in [2.24, 2.45) is 58.0 Å². The van der Waals surface area contributed by atoms with Gasteiger partial charge in [-0.15, -0.1) is 0 Å². The van der Waals surface area contributed by atoms with Gasteiger partial charge in [0.15, 0.2) is 0 Å². The molecule has 4 fully saturated rings. The molecule has 220 valence electrons. The van der Waals surface area contributed by atoms with Crippen LogP contribution in [-0.2, 0) is 4.74 Å². The van der Waals surface area contributed by atoms with Crippen molar-refractivity contribution in [3.8, 4) is 0 Å². The summed E-state index contributed by atoms with van der Waals surface area (Å²) in [6.45, 7) is 14.2. The van der Waals surface area contributed by atoms with Crippen LogP contribution in [-0.4, -0.2) is 25.3 Å². The fraction of sp³-hybridized carbons (Fsp3) is 0.971. The lowest BCUT2D eigenvalue weighted by Gasteiger charge is -2.61. The van der Waals surface area contributed by atoms with E-state index in [1.807, 2.05) is 0 Å². The topological polar surface area (TPSA) is 64.3 Å². The summed E-state index contributed by atoms with van der Waals surface area (Å²) in [4.78, 5) is 12.5. The van der Waals surface area contributed by atoms with Crippen molar-refractivity contribution in [2.75, 3.05) is 13.1 Å². The van der Waals surface area contributed by atoms with E-state index in [1.165, 1.54) is 64.2 Å². The van der Waals surface area contributed by atoms with E-state index in [-0.39, 0.29) is 12.2 Å². The van der Waals surface area contributed by atoms with Crippen LogP contribution in [0, 0.1) is 52.3 Å². The predicted octanol–water partition coefficient (Wildman–Crippen LogP) is 8.72. The van der Waals surface area contributed by atoms with Gasteiger partial charge >= 0.3 is 6.09 Å². The summed E-state index contributed by atoms with van der Waals surface area (Å²) in [6.07, 6.45) is 20.5. The van der Waals surface area contributed by atoms with Crippen LogP contribution in [0.15, 0.2) is 0 Å². The highest BCUT2D eigenvalue weighted by molar-refractivity contribution is 5.67. The fourth-order valence-corrected chi connectivity index (χ4v) is 10.4. The number of nitrogens with one attached hydrogen (secondary N) is 1. The van der Waals surface area contributed by atoms with Crippen LogP contribution in [0.1, 0.15) is 137 Å². The Morgan fingerprint density at radius 3 is 2.37 bits per heavy atom. The van der Waals surface area contributed by atoms with Crippen molar-refractivity contribution in [1.29, 1.82) is 0 Å². The minimum absolute atomic E-state index is 0.110. The van der Waals surface area contributed by atoms with Crippen LogP contribution < -0.4 is 11.1 Å². The van der Waals surface area contributed by atoms with Crippen LogP contribution in [0.2, 0.25) is 0 Å². The molecule has 4 heteroatoms. The second-order valence-corrected chi connectivity index (χ2v) is 15.1. The van der Waals surface area contributed by atoms with Gasteiger partial charge in [0, 0.05) is 6.54 Å². The maximum Gasteiger partial charge on any atom is 0.407 e. The average Bonchev–Trinajstić information content (AvgIpc) is 3.23. The first kappa shape index (κ1) is 30.2. The predicted molar refractivity (Wildman–Crippen MR) is 159 cm³/mol. The van der Waals surface area contributed by atoms with Crippen LogP contribution >= 0.6 is 0 Å². The largest absolute Gasteiger partial charge is 0.446 e. The first-order chi connectivity index (χ1) is 18.2. The molecule has 0 aromatic rings. The molecule has 0 radical (unpaired) electrons. The monoisotopic (exact) mass is 530 g/mol. The Morgan fingerprint density at radius 2 is 1.61 bits per heavy atom. The molecule has 0 bridgehead atoms. The Morgan fingerprint density at radius 1 is 0.868 bits per heavy atom. The van der Waals surface area contributed by atoms with Crippen molar-refractivity contribution in [1.82, 2.24) is 5.32 Å². The summed E-state index contributed by atoms with van der Waals surface area (Å²) in [6, 6.07) is 0. The number of ether oxygens (including phenoxy) is 1. The van der Waals surface area contributed by atoms with Gasteiger partial charge in [0.1, 0.15) is 6.10 Å². The third-order valence-electron chi connectivity index (χ3n) is 12.5. The number of amides is 1. The number of unbranched alkanes of at least 4 members (excludes halogenated alkanes) is 3. The summed E-state index contributed by atoms with van der Waals surface area (Å²) in [5.41, 5.74) is 6.59. The van der Waals surface area contributed by atoms with Crippen molar-refractivity contribution in [2.45, 2.75) is 143 Å². The Balaban J connectivity index is 1.28. The molecule has 0 aromatic heterocycles. The van der Waals surface area contributed by atoms with Gasteiger partial charge in [0.25, 0.3) is 0 Å². The maximum atomic E-state index is 12.5. The second-order valence-electron chi connectivity index (χ2n) is 15.1. The summed E-state index contributed by atoms with van der Waals surface area (Å²) in [5, 5.41) is 3.00. The highest BCUT2D eigenvalue weighted by atomic mass is 16.6. The summed E-state index contributed by atoms with van der Waals surface area (Å²) >= 11 is 0. The molecule has 1 amide bonds. The zero-order valence-electron chi connectivity index (χ0n) is 25.7. The smallest absolute Gasteiger partial charge is 0.407 e. The van der Waals surface area contributed by atoms with E-state index in [0.29, 0.717) is 10.8 Å². The molecule has 4 saturated carbocycles. The van der Waals surface area contributed by atoms with Crippen molar-refractivity contribution in [3.63, 3.8) is 0 Å². The first-order valence-electron chi connectivity index (χ1n) is 16.8. The van der Waals surface area contributed by atoms with E-state index in [2.05, 4.69) is 39.9 Å². The number of alkyl carbamates (subject to hydrolysis) is 1. The fourth-order valence-electron chi connectivity index (χ4n) is 10.4. The lowest BCUT2D eigenvalue weighted by Crippen LogP contribution is -2.54. The minimum Gasteiger partial charge on any atom is -0.446 e. The second kappa shape index (κ2) is 13.3. The van der Waals surface area contributed by atoms with E-state index in [4.69, 9.17) is 10.5 Å². The Hall–Kier alpha value is -0.770. The van der Waals surface area contributed by atoms with Gasteiger partial charge < -0.3 is 15.8 Å². The Kier molecular flexibility index (Phi) is 10.5. The van der Waals surface area contributed by atoms with Gasteiger partial charge in [-0.25, -0.2) is 4.79 Å². The van der Waals surface area contributed by atoms with Gasteiger partial charge in [0.2, 0.25) is 0 Å². The number of carbonyl (C=O) groups is 1. The molecule has 4 aliphatic carbocycles. The van der Waals surface area contributed by atoms with E-state index >= 15 is 0 Å². The molecular weight excluding hydrogens is 468 g/mol. The lowest BCUT2D eigenvalue weighted by molar-refractivity contribution is -0.129. The van der Waals surface area contributed by atoms with Gasteiger partial charge in [-0.3, -0.25) is 0 Å². The summed E-state index contributed by atoms with van der Waals surface area (Å²) < 4.78 is 5.95. The quantitative estimate of drug-likeness (QED) is 0.248. The minimum atomic E-state index is -0.195. The molecular formula is C34H62N2O2. The molecule has 0 aromatic carbocycles. The SMILES string of the molecule is CC(C)CCC[C@@H](C)[C@H]1CCC2C3CCC4C[C@@H](OC(=O)NCCCCCCN)CC[C@]4(C)C3CC[C@@]21C. The standard InChI is InChI=1S/C34H62N2O2/c1-24(2)11-10-12-25(3)29-15-16-30-28-14-13-26-23-27(38-32(37)36-22-9-7-6-8-21-35)17-19-33(26,4)31(28)18-20-34(29,30)5/h24-31H,6-23,35H2,1-5H3,(H,36,37)/t25-,26?,27+,28?,29-,30?,31?,33+,34-/m1/s1. The maximum absolute atomic E-state index is 12.5. The normalized spacial score (nSPS) is 39.2. The van der Waals surface area contributed by atoms with Crippen LogP contribution in [0.25, 0.3) is 0 Å². The van der Waals surface area contributed by atoms with E-state index in [1.54, 1.807) is 0 Å². The molecule has 4 nitrogen and oxygen atoms in total. The molecule has 38 heavy (non-hydrogen) atoms. The average molecular weight is 531 g/mol. The number of fused-ring (bicyclic) bond motifs is 5. The van der Waals surface area contributed by atoms with Gasteiger partial charge in [-0.05, 0) is 129 Å². The molecule has 3 N–H and O–H groups in total. The zero-order valence-corrected chi connectivity index (χ0v) is 25.7. The molecule has 0 spiro atoms. The van der Waals surface area contributed by atoms with Gasteiger partial charge in [0.05, 0.1) is 0 Å². The van der Waals surface area contributed by atoms with E-state index in [0.717, 1.165) is 93.0 Å². The third-order valence-corrected chi connectivity index (χ3v) is 12.5. The van der Waals surface area contributed by atoms with Crippen LogP contribution in [0.3, 0.4) is 0 Å². The zero-order chi connectivity index (χ0) is 27.3. The highest BCUT2D eigenvalue weighted by Gasteiger charge is 2.60. The number of nitrogens with two attached hydrogens (primary N) is 1. The number of rotatable bonds is 12. The van der Waals surface area contributed by atoms with Gasteiger partial charge in [-0.1, -0.05) is 66.7 Å². The van der Waals surface area contributed by atoms with Crippen molar-refractivity contribution >= 4 is 6.09 Å². The Bertz CT molecular complexity index is 755. The molecule has 0 aliphatic heterocycles. The number of carbonyl (C=O) groups excluding carboxylic acids is 1. The van der Waals surface area contributed by atoms with Crippen molar-refractivity contribution in [3.05, 3.63) is 0 Å². The molecule has 4 aliphatic rings. The van der Waals surface area contributed by atoms with E-state index in [9.17, 15) is 4.79 Å². The van der Waals surface area contributed by atoms with Crippen molar-refractivity contribution < 1.29 is 9.53 Å². The first-order valence-corrected chi connectivity index (χ1v) is 16.8. The summed E-state index contributed by atoms with van der Waals surface area (Å²) in [7, 11) is 0. The van der Waals surface area contributed by atoms with Crippen LogP contribution in [0.4, 0.5) is 4.79 Å². The molecule has 0 saturated heterocycles. The molecule has 4 rings (SSSR count). The van der Waals surface area contributed by atoms with Gasteiger partial charge in [-0.2, -0.15) is 0 Å². The molecule has 0 heterocycles. The lowest BCUT2D eigenvalue weighted by atomic mass is 9.44.